The van der Waals surface area contributed by atoms with E-state index in [-0.39, 0.29) is 5.82 Å². The number of halogens is 3. The summed E-state index contributed by atoms with van der Waals surface area (Å²) in [5.41, 5.74) is 2.72. The number of piperazine rings is 1. The second-order valence-electron chi connectivity index (χ2n) is 7.25. The predicted octanol–water partition coefficient (Wildman–Crippen LogP) is 3.75. The number of anilines is 1. The summed E-state index contributed by atoms with van der Waals surface area (Å²) >= 11 is 0. The van der Waals surface area contributed by atoms with Crippen molar-refractivity contribution in [1.29, 1.82) is 0 Å². The number of fused-ring (bicyclic) bond motifs is 1. The van der Waals surface area contributed by atoms with Gasteiger partial charge in [-0.2, -0.15) is 0 Å². The quantitative estimate of drug-likeness (QED) is 0.714. The molecule has 0 amide bonds. The first-order valence-electron chi connectivity index (χ1n) is 9.30. The van der Waals surface area contributed by atoms with E-state index in [1.54, 1.807) is 6.07 Å². The average Bonchev–Trinajstić information content (AvgIpc) is 2.97. The van der Waals surface area contributed by atoms with Crippen LogP contribution in [0.2, 0.25) is 0 Å². The highest BCUT2D eigenvalue weighted by atomic mass is 19.1. The third-order valence-corrected chi connectivity index (χ3v) is 5.39. The van der Waals surface area contributed by atoms with Crippen LogP contribution >= 0.6 is 0 Å². The predicted molar refractivity (Wildman–Crippen MR) is 103 cm³/mol. The third-order valence-electron chi connectivity index (χ3n) is 5.39. The molecule has 3 aromatic rings. The molecule has 2 aromatic carbocycles. The van der Waals surface area contributed by atoms with Gasteiger partial charge in [-0.25, -0.2) is 13.2 Å². The lowest BCUT2D eigenvalue weighted by Crippen LogP contribution is -2.47. The zero-order valence-electron chi connectivity index (χ0n) is 15.6. The van der Waals surface area contributed by atoms with Crippen LogP contribution in [0, 0.1) is 24.4 Å². The van der Waals surface area contributed by atoms with Gasteiger partial charge < -0.3 is 15.0 Å². The Morgan fingerprint density at radius 1 is 1.00 bits per heavy atom. The zero-order chi connectivity index (χ0) is 19.8. The number of aliphatic hydroxyl groups is 1. The Labute approximate surface area is 161 Å². The molecule has 148 valence electrons. The van der Waals surface area contributed by atoms with Crippen LogP contribution in [0.4, 0.5) is 18.9 Å². The number of aliphatic hydroxyl groups excluding tert-OH is 1. The maximum Gasteiger partial charge on any atom is 0.149 e. The summed E-state index contributed by atoms with van der Waals surface area (Å²) in [6, 6.07) is 8.11. The first-order chi connectivity index (χ1) is 13.4. The average molecular weight is 389 g/mol. The fourth-order valence-corrected chi connectivity index (χ4v) is 3.99. The normalized spacial score (nSPS) is 16.7. The molecule has 0 saturated carbocycles. The molecule has 0 aliphatic carbocycles. The highest BCUT2D eigenvalue weighted by Crippen LogP contribution is 2.29. The van der Waals surface area contributed by atoms with E-state index >= 15 is 0 Å². The molecule has 0 spiro atoms. The Hall–Kier alpha value is -2.51. The maximum absolute atomic E-state index is 14.0. The molecule has 0 unspecified atom stereocenters. The van der Waals surface area contributed by atoms with Crippen molar-refractivity contribution in [2.45, 2.75) is 13.0 Å². The lowest BCUT2D eigenvalue weighted by Gasteiger charge is -2.37. The molecule has 4 rings (SSSR count). The van der Waals surface area contributed by atoms with E-state index in [1.807, 2.05) is 11.8 Å². The number of aromatic nitrogens is 1. The number of aromatic amines is 1. The fourth-order valence-electron chi connectivity index (χ4n) is 3.99. The van der Waals surface area contributed by atoms with Crippen LogP contribution in [0.1, 0.15) is 17.4 Å². The summed E-state index contributed by atoms with van der Waals surface area (Å²) in [4.78, 5) is 7.16. The van der Waals surface area contributed by atoms with Crippen molar-refractivity contribution in [1.82, 2.24) is 9.88 Å². The summed E-state index contributed by atoms with van der Waals surface area (Å²) in [6.45, 7) is 4.72. The SMILES string of the molecule is Cc1[nH]c2ccc(F)cc2c1[C@@H](O)CN1CCN(c2ccc(F)cc2F)CC1. The van der Waals surface area contributed by atoms with Crippen molar-refractivity contribution in [3.63, 3.8) is 0 Å². The minimum absolute atomic E-state index is 0.338. The van der Waals surface area contributed by atoms with Gasteiger partial charge in [0.05, 0.1) is 11.8 Å². The molecule has 1 atom stereocenters. The number of rotatable bonds is 4. The van der Waals surface area contributed by atoms with Crippen LogP contribution in [-0.4, -0.2) is 47.7 Å². The van der Waals surface area contributed by atoms with Crippen molar-refractivity contribution in [2.75, 3.05) is 37.6 Å². The van der Waals surface area contributed by atoms with Gasteiger partial charge in [-0.1, -0.05) is 0 Å². The molecular formula is C21H22F3N3O. The van der Waals surface area contributed by atoms with Gasteiger partial charge in [-0.15, -0.1) is 0 Å². The Kier molecular flexibility index (Phi) is 5.03. The molecular weight excluding hydrogens is 367 g/mol. The number of nitrogens with zero attached hydrogens (tertiary/aromatic N) is 2. The van der Waals surface area contributed by atoms with E-state index < -0.39 is 17.7 Å². The molecule has 0 bridgehead atoms. The van der Waals surface area contributed by atoms with Gasteiger partial charge in [0.25, 0.3) is 0 Å². The topological polar surface area (TPSA) is 42.5 Å². The largest absolute Gasteiger partial charge is 0.387 e. The fraction of sp³-hybridized carbons (Fsp3) is 0.333. The van der Waals surface area contributed by atoms with Crippen molar-refractivity contribution >= 4 is 16.6 Å². The molecule has 7 heteroatoms. The molecule has 2 N–H and O–H groups in total. The number of H-pyrrole nitrogens is 1. The minimum atomic E-state index is -0.760. The van der Waals surface area contributed by atoms with Crippen LogP contribution in [0.5, 0.6) is 0 Å². The summed E-state index contributed by atoms with van der Waals surface area (Å²) in [6.07, 6.45) is -0.760. The van der Waals surface area contributed by atoms with Crippen molar-refractivity contribution in [3.05, 3.63) is 65.1 Å². The molecule has 0 radical (unpaired) electrons. The second kappa shape index (κ2) is 7.48. The Balaban J connectivity index is 1.44. The van der Waals surface area contributed by atoms with Gasteiger partial charge in [0, 0.05) is 61.0 Å². The molecule has 1 aliphatic rings. The third kappa shape index (κ3) is 3.59. The highest BCUT2D eigenvalue weighted by molar-refractivity contribution is 5.85. The first-order valence-corrected chi connectivity index (χ1v) is 9.30. The number of hydrogen-bond acceptors (Lipinski definition) is 3. The van der Waals surface area contributed by atoms with Crippen LogP contribution in [0.25, 0.3) is 10.9 Å². The standard InChI is InChI=1S/C21H22F3N3O/c1-13-21(16-10-14(22)2-4-18(16)25-13)20(28)12-26-6-8-27(9-7-26)19-5-3-15(23)11-17(19)24/h2-5,10-11,20,25,28H,6-9,12H2,1H3/t20-/m0/s1. The monoisotopic (exact) mass is 389 g/mol. The lowest BCUT2D eigenvalue weighted by molar-refractivity contribution is 0.110. The number of nitrogens with one attached hydrogen (secondary N) is 1. The van der Waals surface area contributed by atoms with Crippen LogP contribution in [0.3, 0.4) is 0 Å². The van der Waals surface area contributed by atoms with Gasteiger partial charge in [-0.3, -0.25) is 4.90 Å². The van der Waals surface area contributed by atoms with E-state index in [9.17, 15) is 18.3 Å². The van der Waals surface area contributed by atoms with Gasteiger partial charge in [0.15, 0.2) is 0 Å². The van der Waals surface area contributed by atoms with Gasteiger partial charge in [-0.05, 0) is 37.3 Å². The summed E-state index contributed by atoms with van der Waals surface area (Å²) in [5, 5.41) is 11.5. The Morgan fingerprint density at radius 2 is 1.68 bits per heavy atom. The van der Waals surface area contributed by atoms with Gasteiger partial charge in [0.1, 0.15) is 17.5 Å². The summed E-state index contributed by atoms with van der Waals surface area (Å²) < 4.78 is 40.7. The molecule has 2 heterocycles. The molecule has 28 heavy (non-hydrogen) atoms. The molecule has 1 fully saturated rings. The lowest BCUT2D eigenvalue weighted by atomic mass is 10.0. The summed E-state index contributed by atoms with van der Waals surface area (Å²) in [7, 11) is 0. The van der Waals surface area contributed by atoms with E-state index in [1.165, 1.54) is 24.3 Å². The Bertz CT molecular complexity index is 996. The second-order valence-corrected chi connectivity index (χ2v) is 7.25. The van der Waals surface area contributed by atoms with E-state index in [4.69, 9.17) is 0 Å². The molecule has 1 aliphatic heterocycles. The van der Waals surface area contributed by atoms with Crippen molar-refractivity contribution < 1.29 is 18.3 Å². The molecule has 4 nitrogen and oxygen atoms in total. The highest BCUT2D eigenvalue weighted by Gasteiger charge is 2.24. The van der Waals surface area contributed by atoms with E-state index in [2.05, 4.69) is 9.88 Å². The minimum Gasteiger partial charge on any atom is -0.387 e. The Morgan fingerprint density at radius 3 is 2.39 bits per heavy atom. The summed E-state index contributed by atoms with van der Waals surface area (Å²) in [5.74, 6) is -1.49. The zero-order valence-corrected chi connectivity index (χ0v) is 15.6. The van der Waals surface area contributed by atoms with Gasteiger partial charge in [0.2, 0.25) is 0 Å². The van der Waals surface area contributed by atoms with Crippen LogP contribution in [-0.2, 0) is 0 Å². The maximum atomic E-state index is 14.0. The first kappa shape index (κ1) is 18.8. The number of β-amino-alcohol motifs (C(OH)–C–C–N with tert-alkyl or cyclic N) is 1. The number of aryl methyl sites for hydroxylation is 1. The number of benzene rings is 2. The molecule has 1 aromatic heterocycles. The van der Waals surface area contributed by atoms with Gasteiger partial charge >= 0.3 is 0 Å². The number of hydrogen-bond donors (Lipinski definition) is 2. The van der Waals surface area contributed by atoms with E-state index in [0.717, 1.165) is 17.3 Å². The van der Waals surface area contributed by atoms with Crippen molar-refractivity contribution in [3.8, 4) is 0 Å². The smallest absolute Gasteiger partial charge is 0.149 e. The molecule has 1 saturated heterocycles. The van der Waals surface area contributed by atoms with E-state index in [0.29, 0.717) is 49.4 Å². The van der Waals surface area contributed by atoms with Crippen LogP contribution < -0.4 is 4.90 Å². The van der Waals surface area contributed by atoms with Crippen LogP contribution in [0.15, 0.2) is 36.4 Å². The van der Waals surface area contributed by atoms with Crippen molar-refractivity contribution in [2.24, 2.45) is 0 Å².